The third-order valence-electron chi connectivity index (χ3n) is 1.49. The number of aromatic nitrogens is 1. The summed E-state index contributed by atoms with van der Waals surface area (Å²) in [5.41, 5.74) is 1.02. The number of carbonyl (C=O) groups excluding carboxylic acids is 1. The lowest BCUT2D eigenvalue weighted by Gasteiger charge is -2.02. The van der Waals surface area contributed by atoms with Crippen LogP contribution in [-0.2, 0) is 11.3 Å². The van der Waals surface area contributed by atoms with Crippen molar-refractivity contribution in [2.45, 2.75) is 6.54 Å². The highest BCUT2D eigenvalue weighted by molar-refractivity contribution is 7.99. The normalized spacial score (nSPS) is 9.62. The monoisotopic (exact) mass is 196 g/mol. The van der Waals surface area contributed by atoms with Crippen molar-refractivity contribution in [3.05, 3.63) is 30.1 Å². The van der Waals surface area contributed by atoms with E-state index in [1.807, 2.05) is 18.4 Å². The molecule has 0 unspecified atom stereocenters. The van der Waals surface area contributed by atoms with Crippen LogP contribution in [0, 0.1) is 0 Å². The largest absolute Gasteiger partial charge is 0.351 e. The van der Waals surface area contributed by atoms with E-state index in [2.05, 4.69) is 10.3 Å². The Hall–Kier alpha value is -1.03. The molecule has 13 heavy (non-hydrogen) atoms. The zero-order valence-corrected chi connectivity index (χ0v) is 8.30. The first-order chi connectivity index (χ1) is 6.33. The molecule has 0 aliphatic carbocycles. The minimum Gasteiger partial charge on any atom is -0.351 e. The molecule has 0 bridgehead atoms. The molecule has 70 valence electrons. The average Bonchev–Trinajstić information content (AvgIpc) is 2.17. The minimum absolute atomic E-state index is 0.0661. The first kappa shape index (κ1) is 10.1. The van der Waals surface area contributed by atoms with Gasteiger partial charge in [0.15, 0.2) is 0 Å². The molecular formula is C9H12N2OS. The van der Waals surface area contributed by atoms with E-state index in [1.165, 1.54) is 11.8 Å². The Labute approximate surface area is 81.9 Å². The molecule has 0 atom stereocenters. The Morgan fingerprint density at radius 1 is 1.69 bits per heavy atom. The quantitative estimate of drug-likeness (QED) is 0.783. The minimum atomic E-state index is 0.0661. The maximum atomic E-state index is 11.1. The fourth-order valence-corrected chi connectivity index (χ4v) is 1.25. The van der Waals surface area contributed by atoms with Crippen LogP contribution in [0.2, 0.25) is 0 Å². The van der Waals surface area contributed by atoms with E-state index in [0.29, 0.717) is 12.3 Å². The van der Waals surface area contributed by atoms with Crippen LogP contribution < -0.4 is 5.32 Å². The van der Waals surface area contributed by atoms with Gasteiger partial charge in [-0.3, -0.25) is 9.78 Å². The van der Waals surface area contributed by atoms with Crippen molar-refractivity contribution in [3.8, 4) is 0 Å². The Kier molecular flexibility index (Phi) is 4.32. The third-order valence-corrected chi connectivity index (χ3v) is 2.04. The van der Waals surface area contributed by atoms with Crippen LogP contribution in [0.5, 0.6) is 0 Å². The van der Waals surface area contributed by atoms with Crippen molar-refractivity contribution in [2.24, 2.45) is 0 Å². The zero-order chi connectivity index (χ0) is 9.52. The van der Waals surface area contributed by atoms with Gasteiger partial charge in [0.2, 0.25) is 5.91 Å². The number of hydrogen-bond acceptors (Lipinski definition) is 3. The molecule has 0 saturated carbocycles. The maximum Gasteiger partial charge on any atom is 0.230 e. The van der Waals surface area contributed by atoms with Crippen molar-refractivity contribution >= 4 is 17.7 Å². The summed E-state index contributed by atoms with van der Waals surface area (Å²) in [6.07, 6.45) is 5.37. The molecule has 1 aromatic rings. The van der Waals surface area contributed by atoms with Gasteiger partial charge in [0.05, 0.1) is 5.75 Å². The molecule has 1 heterocycles. The summed E-state index contributed by atoms with van der Waals surface area (Å²) in [7, 11) is 0. The fourth-order valence-electron chi connectivity index (χ4n) is 0.885. The van der Waals surface area contributed by atoms with Crippen LogP contribution in [0.25, 0.3) is 0 Å². The predicted molar refractivity (Wildman–Crippen MR) is 54.5 cm³/mol. The van der Waals surface area contributed by atoms with Gasteiger partial charge in [0.25, 0.3) is 0 Å². The first-order valence-electron chi connectivity index (χ1n) is 3.97. The van der Waals surface area contributed by atoms with Crippen molar-refractivity contribution in [1.29, 1.82) is 0 Å². The Morgan fingerprint density at radius 2 is 2.54 bits per heavy atom. The van der Waals surface area contributed by atoms with Crippen molar-refractivity contribution < 1.29 is 4.79 Å². The molecule has 0 fully saturated rings. The first-order valence-corrected chi connectivity index (χ1v) is 5.37. The number of thioether (sulfide) groups is 1. The van der Waals surface area contributed by atoms with Crippen LogP contribution in [0.4, 0.5) is 0 Å². The van der Waals surface area contributed by atoms with Gasteiger partial charge in [0, 0.05) is 18.9 Å². The summed E-state index contributed by atoms with van der Waals surface area (Å²) < 4.78 is 0. The topological polar surface area (TPSA) is 42.0 Å². The zero-order valence-electron chi connectivity index (χ0n) is 7.49. The van der Waals surface area contributed by atoms with Crippen LogP contribution >= 0.6 is 11.8 Å². The molecule has 0 aromatic carbocycles. The second-order valence-electron chi connectivity index (χ2n) is 2.57. The lowest BCUT2D eigenvalue weighted by Crippen LogP contribution is -2.24. The van der Waals surface area contributed by atoms with Crippen molar-refractivity contribution in [3.63, 3.8) is 0 Å². The van der Waals surface area contributed by atoms with Crippen LogP contribution in [0.3, 0.4) is 0 Å². The van der Waals surface area contributed by atoms with Crippen LogP contribution in [-0.4, -0.2) is 22.9 Å². The summed E-state index contributed by atoms with van der Waals surface area (Å²) in [4.78, 5) is 15.0. The van der Waals surface area contributed by atoms with Gasteiger partial charge in [-0.2, -0.15) is 11.8 Å². The SMILES string of the molecule is CSCC(=O)NCc1cccnc1. The highest BCUT2D eigenvalue weighted by Crippen LogP contribution is 1.95. The Balaban J connectivity index is 2.31. The molecule has 1 aromatic heterocycles. The number of nitrogens with zero attached hydrogens (tertiary/aromatic N) is 1. The molecule has 0 aliphatic rings. The standard InChI is InChI=1S/C9H12N2OS/c1-13-7-9(12)11-6-8-3-2-4-10-5-8/h2-5H,6-7H2,1H3,(H,11,12). The molecule has 1 rings (SSSR count). The van der Waals surface area contributed by atoms with E-state index in [-0.39, 0.29) is 5.91 Å². The van der Waals surface area contributed by atoms with Gasteiger partial charge in [-0.05, 0) is 17.9 Å². The van der Waals surface area contributed by atoms with E-state index >= 15 is 0 Å². The Morgan fingerprint density at radius 3 is 3.15 bits per heavy atom. The molecule has 0 saturated heterocycles. The van der Waals surface area contributed by atoms with Gasteiger partial charge >= 0.3 is 0 Å². The van der Waals surface area contributed by atoms with Gasteiger partial charge in [0.1, 0.15) is 0 Å². The number of carbonyl (C=O) groups is 1. The molecule has 1 N–H and O–H groups in total. The number of pyridine rings is 1. The highest BCUT2D eigenvalue weighted by Gasteiger charge is 1.98. The molecule has 0 aliphatic heterocycles. The second-order valence-corrected chi connectivity index (χ2v) is 3.44. The summed E-state index contributed by atoms with van der Waals surface area (Å²) in [6, 6.07) is 3.79. The molecule has 4 heteroatoms. The lowest BCUT2D eigenvalue weighted by atomic mass is 10.3. The van der Waals surface area contributed by atoms with Crippen LogP contribution in [0.1, 0.15) is 5.56 Å². The number of amides is 1. The molecule has 3 nitrogen and oxygen atoms in total. The van der Waals surface area contributed by atoms with E-state index in [0.717, 1.165) is 5.56 Å². The van der Waals surface area contributed by atoms with E-state index in [9.17, 15) is 4.79 Å². The van der Waals surface area contributed by atoms with Gasteiger partial charge in [-0.1, -0.05) is 6.07 Å². The van der Waals surface area contributed by atoms with E-state index < -0.39 is 0 Å². The average molecular weight is 196 g/mol. The second kappa shape index (κ2) is 5.59. The Bertz CT molecular complexity index is 264. The van der Waals surface area contributed by atoms with Crippen LogP contribution in [0.15, 0.2) is 24.5 Å². The van der Waals surface area contributed by atoms with Gasteiger partial charge < -0.3 is 5.32 Å². The molecule has 1 amide bonds. The number of hydrogen-bond donors (Lipinski definition) is 1. The van der Waals surface area contributed by atoms with Gasteiger partial charge in [-0.25, -0.2) is 0 Å². The summed E-state index contributed by atoms with van der Waals surface area (Å²) in [5.74, 6) is 0.580. The predicted octanol–water partition coefficient (Wildman–Crippen LogP) is 1.06. The van der Waals surface area contributed by atoms with Gasteiger partial charge in [-0.15, -0.1) is 0 Å². The molecule has 0 spiro atoms. The summed E-state index contributed by atoms with van der Waals surface area (Å²) >= 11 is 1.52. The third kappa shape index (κ3) is 3.94. The maximum absolute atomic E-state index is 11.1. The highest BCUT2D eigenvalue weighted by atomic mass is 32.2. The number of rotatable bonds is 4. The molecular weight excluding hydrogens is 184 g/mol. The lowest BCUT2D eigenvalue weighted by molar-refractivity contribution is -0.118. The summed E-state index contributed by atoms with van der Waals surface area (Å²) in [6.45, 7) is 0.563. The van der Waals surface area contributed by atoms with E-state index in [4.69, 9.17) is 0 Å². The fraction of sp³-hybridized carbons (Fsp3) is 0.333. The summed E-state index contributed by atoms with van der Waals surface area (Å²) in [5, 5.41) is 2.80. The smallest absolute Gasteiger partial charge is 0.230 e. The van der Waals surface area contributed by atoms with E-state index in [1.54, 1.807) is 12.4 Å². The number of nitrogens with one attached hydrogen (secondary N) is 1. The van der Waals surface area contributed by atoms with Crippen molar-refractivity contribution in [1.82, 2.24) is 10.3 Å². The molecule has 0 radical (unpaired) electrons. The van der Waals surface area contributed by atoms with Crippen molar-refractivity contribution in [2.75, 3.05) is 12.0 Å².